The van der Waals surface area contributed by atoms with E-state index in [4.69, 9.17) is 14.2 Å². The molecule has 7 heteroatoms. The highest BCUT2D eigenvalue weighted by Crippen LogP contribution is 2.38. The number of hydrogen-bond acceptors (Lipinski definition) is 7. The Balaban J connectivity index is 3.10. The number of Topliss-reactive ketones (excluding diaryl/α,β-unsaturated/α-hetero) is 1. The maximum atomic E-state index is 11.9. The molecule has 21 heavy (non-hydrogen) atoms. The average Bonchev–Trinajstić information content (AvgIpc) is 2.51. The first-order valence-electron chi connectivity index (χ1n) is 6.07. The van der Waals surface area contributed by atoms with Crippen LogP contribution in [0.25, 0.3) is 0 Å². The Hall–Kier alpha value is -2.57. The van der Waals surface area contributed by atoms with Gasteiger partial charge < -0.3 is 18.9 Å². The van der Waals surface area contributed by atoms with Gasteiger partial charge in [0.05, 0.1) is 26.9 Å². The summed E-state index contributed by atoms with van der Waals surface area (Å²) in [6, 6.07) is 2.65. The maximum Gasteiger partial charge on any atom is 0.382 e. The molecule has 1 rings (SSSR count). The molecule has 0 atom stereocenters. The molecule has 0 spiro atoms. The molecule has 0 N–H and O–H groups in total. The molecular formula is C14H16O7. The van der Waals surface area contributed by atoms with Gasteiger partial charge in [-0.3, -0.25) is 4.79 Å². The molecule has 1 aromatic rings. The van der Waals surface area contributed by atoms with E-state index >= 15 is 0 Å². The van der Waals surface area contributed by atoms with E-state index in [9.17, 15) is 14.4 Å². The number of carbonyl (C=O) groups excluding carboxylic acids is 3. The topological polar surface area (TPSA) is 88.1 Å². The van der Waals surface area contributed by atoms with Gasteiger partial charge in [-0.2, -0.15) is 0 Å². The van der Waals surface area contributed by atoms with Crippen molar-refractivity contribution >= 4 is 17.7 Å². The third-order valence-corrected chi connectivity index (χ3v) is 2.63. The summed E-state index contributed by atoms with van der Waals surface area (Å²) in [6.07, 6.45) is -0.0403. The molecule has 0 saturated heterocycles. The smallest absolute Gasteiger partial charge is 0.382 e. The Kier molecular flexibility index (Phi) is 5.71. The number of esters is 2. The molecule has 0 aromatic heterocycles. The number of carbonyl (C=O) groups is 3. The fraction of sp³-hybridized carbons (Fsp3) is 0.357. The third-order valence-electron chi connectivity index (χ3n) is 2.63. The summed E-state index contributed by atoms with van der Waals surface area (Å²) in [5, 5.41) is 0. The molecule has 0 aliphatic carbocycles. The van der Waals surface area contributed by atoms with Gasteiger partial charge in [-0.25, -0.2) is 9.59 Å². The Morgan fingerprint density at radius 3 is 1.86 bits per heavy atom. The molecule has 0 aliphatic rings. The summed E-state index contributed by atoms with van der Waals surface area (Å²) >= 11 is 0. The summed E-state index contributed by atoms with van der Waals surface area (Å²) in [5.74, 6) is -2.18. The van der Waals surface area contributed by atoms with E-state index in [2.05, 4.69) is 4.74 Å². The van der Waals surface area contributed by atoms with Crippen molar-refractivity contribution in [2.75, 3.05) is 21.3 Å². The zero-order valence-corrected chi connectivity index (χ0v) is 12.2. The highest BCUT2D eigenvalue weighted by molar-refractivity contribution is 6.35. The number of rotatable bonds is 6. The minimum Gasteiger partial charge on any atom is -0.493 e. The number of hydrogen-bond donors (Lipinski definition) is 0. The van der Waals surface area contributed by atoms with Crippen LogP contribution in [0.1, 0.15) is 23.7 Å². The van der Waals surface area contributed by atoms with Crippen molar-refractivity contribution < 1.29 is 33.3 Å². The van der Waals surface area contributed by atoms with Crippen LogP contribution >= 0.6 is 0 Å². The normalized spacial score (nSPS) is 9.71. The Labute approximate surface area is 121 Å². The summed E-state index contributed by atoms with van der Waals surface area (Å²) in [7, 11) is 4.19. The van der Waals surface area contributed by atoms with Gasteiger partial charge in [-0.15, -0.1) is 0 Å². The monoisotopic (exact) mass is 296 g/mol. The van der Waals surface area contributed by atoms with Crippen molar-refractivity contribution in [3.05, 3.63) is 17.7 Å². The van der Waals surface area contributed by atoms with Gasteiger partial charge in [0.1, 0.15) is 0 Å². The zero-order chi connectivity index (χ0) is 16.0. The van der Waals surface area contributed by atoms with Crippen molar-refractivity contribution in [3.63, 3.8) is 0 Å². The van der Waals surface area contributed by atoms with Crippen LogP contribution in [-0.2, 0) is 14.3 Å². The van der Waals surface area contributed by atoms with Crippen LogP contribution in [0.2, 0.25) is 0 Å². The first kappa shape index (κ1) is 16.5. The Bertz CT molecular complexity index is 537. The number of benzene rings is 1. The van der Waals surface area contributed by atoms with Gasteiger partial charge in [0.25, 0.3) is 0 Å². The van der Waals surface area contributed by atoms with Crippen LogP contribution in [0.3, 0.4) is 0 Å². The van der Waals surface area contributed by atoms with E-state index in [1.165, 1.54) is 40.4 Å². The molecule has 0 radical (unpaired) electrons. The van der Waals surface area contributed by atoms with Gasteiger partial charge in [-0.1, -0.05) is 6.92 Å². The lowest BCUT2D eigenvalue weighted by molar-refractivity contribution is -0.149. The lowest BCUT2D eigenvalue weighted by atomic mass is 10.2. The zero-order valence-electron chi connectivity index (χ0n) is 12.2. The molecule has 1 aromatic carbocycles. The standard InChI is InChI=1S/C14H16O7/c1-5-9(15)14(17)21-13(16)8-6-10(18-2)12(20-4)11(7-8)19-3/h6-7H,5H2,1-4H3. The van der Waals surface area contributed by atoms with Crippen molar-refractivity contribution in [2.45, 2.75) is 13.3 Å². The molecule has 0 bridgehead atoms. The Morgan fingerprint density at radius 2 is 1.48 bits per heavy atom. The van der Waals surface area contributed by atoms with Crippen LogP contribution in [0.15, 0.2) is 12.1 Å². The average molecular weight is 296 g/mol. The third kappa shape index (κ3) is 3.71. The number of methoxy groups -OCH3 is 3. The SMILES string of the molecule is CCC(=O)C(=O)OC(=O)c1cc(OC)c(OC)c(OC)c1. The molecule has 0 unspecified atom stereocenters. The van der Waals surface area contributed by atoms with E-state index in [0.717, 1.165) is 0 Å². The lowest BCUT2D eigenvalue weighted by Crippen LogP contribution is -2.20. The summed E-state index contributed by atoms with van der Waals surface area (Å²) in [6.45, 7) is 1.49. The molecular weight excluding hydrogens is 280 g/mol. The van der Waals surface area contributed by atoms with Gasteiger partial charge in [0.15, 0.2) is 11.5 Å². The molecule has 0 fully saturated rings. The summed E-state index contributed by atoms with van der Waals surface area (Å²) in [4.78, 5) is 34.3. The predicted molar refractivity (Wildman–Crippen MR) is 71.8 cm³/mol. The fourth-order valence-corrected chi connectivity index (χ4v) is 1.54. The highest BCUT2D eigenvalue weighted by atomic mass is 16.6. The first-order valence-corrected chi connectivity index (χ1v) is 6.07. The highest BCUT2D eigenvalue weighted by Gasteiger charge is 2.22. The lowest BCUT2D eigenvalue weighted by Gasteiger charge is -2.13. The largest absolute Gasteiger partial charge is 0.493 e. The van der Waals surface area contributed by atoms with Crippen molar-refractivity contribution in [1.29, 1.82) is 0 Å². The van der Waals surface area contributed by atoms with Gasteiger partial charge in [0.2, 0.25) is 11.5 Å². The van der Waals surface area contributed by atoms with E-state index in [1.807, 2.05) is 0 Å². The number of ether oxygens (including phenoxy) is 4. The molecule has 114 valence electrons. The minimum atomic E-state index is -1.20. The fourth-order valence-electron chi connectivity index (χ4n) is 1.54. The molecule has 0 amide bonds. The van der Waals surface area contributed by atoms with Crippen LogP contribution in [0.5, 0.6) is 17.2 Å². The minimum absolute atomic E-state index is 0.00162. The molecule has 0 aliphatic heterocycles. The van der Waals surface area contributed by atoms with Crippen molar-refractivity contribution in [2.24, 2.45) is 0 Å². The second-order valence-electron chi connectivity index (χ2n) is 3.87. The van der Waals surface area contributed by atoms with Crippen LogP contribution in [-0.4, -0.2) is 39.1 Å². The Morgan fingerprint density at radius 1 is 0.952 bits per heavy atom. The van der Waals surface area contributed by atoms with Crippen molar-refractivity contribution in [1.82, 2.24) is 0 Å². The quantitative estimate of drug-likeness (QED) is 0.445. The summed E-state index contributed by atoms with van der Waals surface area (Å²) in [5.41, 5.74) is 0.00162. The molecule has 7 nitrogen and oxygen atoms in total. The first-order chi connectivity index (χ1) is 9.98. The van der Waals surface area contributed by atoms with E-state index < -0.39 is 17.7 Å². The van der Waals surface area contributed by atoms with E-state index in [1.54, 1.807) is 0 Å². The van der Waals surface area contributed by atoms with Gasteiger partial charge >= 0.3 is 11.9 Å². The summed E-state index contributed by atoms with van der Waals surface area (Å²) < 4.78 is 19.7. The second-order valence-corrected chi connectivity index (χ2v) is 3.87. The molecule has 0 saturated carbocycles. The van der Waals surface area contributed by atoms with E-state index in [-0.39, 0.29) is 23.5 Å². The van der Waals surface area contributed by atoms with Gasteiger partial charge in [0, 0.05) is 6.42 Å². The second kappa shape index (κ2) is 7.28. The van der Waals surface area contributed by atoms with E-state index in [0.29, 0.717) is 5.75 Å². The van der Waals surface area contributed by atoms with Crippen LogP contribution in [0, 0.1) is 0 Å². The van der Waals surface area contributed by atoms with Gasteiger partial charge in [-0.05, 0) is 12.1 Å². The predicted octanol–water partition coefficient (Wildman–Crippen LogP) is 1.37. The van der Waals surface area contributed by atoms with Crippen LogP contribution in [0.4, 0.5) is 0 Å². The molecule has 0 heterocycles. The maximum absolute atomic E-state index is 11.9. The number of ketones is 1. The van der Waals surface area contributed by atoms with Crippen molar-refractivity contribution in [3.8, 4) is 17.2 Å². The van der Waals surface area contributed by atoms with Crippen LogP contribution < -0.4 is 14.2 Å².